The molecule has 0 spiro atoms. The summed E-state index contributed by atoms with van der Waals surface area (Å²) in [5, 5.41) is 3.20. The molecule has 44 valence electrons. The number of hydrogen-bond acceptors (Lipinski definition) is 2. The summed E-state index contributed by atoms with van der Waals surface area (Å²) < 4.78 is 0. The average Bonchev–Trinajstić information content (AvgIpc) is 1.77. The molecule has 0 aliphatic carbocycles. The Kier molecular flexibility index (Phi) is 1.63. The zero-order valence-corrected chi connectivity index (χ0v) is 5.74. The maximum Gasteiger partial charge on any atom is 0.0676 e. The number of likely N-dealkylation sites (N-methyl/N-ethyl adjacent to an activating group) is 1. The molecule has 0 aromatic heterocycles. The first kappa shape index (κ1) is 5.76. The summed E-state index contributed by atoms with van der Waals surface area (Å²) in [6.07, 6.45) is 2.12. The Morgan fingerprint density at radius 2 is 2.62 bits per heavy atom. The van der Waals surface area contributed by atoms with Crippen molar-refractivity contribution in [3.8, 4) is 0 Å². The minimum atomic E-state index is 1.01. The van der Waals surface area contributed by atoms with Crippen LogP contribution >= 0.6 is 11.8 Å². The molecule has 0 saturated heterocycles. The highest BCUT2D eigenvalue weighted by atomic mass is 32.2. The van der Waals surface area contributed by atoms with Gasteiger partial charge in [0.2, 0.25) is 0 Å². The number of thioether (sulfide) groups is 1. The van der Waals surface area contributed by atoms with Gasteiger partial charge in [-0.05, 0) is 5.41 Å². The lowest BCUT2D eigenvalue weighted by Crippen LogP contribution is -2.16. The van der Waals surface area contributed by atoms with Crippen molar-refractivity contribution >= 4 is 11.8 Å². The molecule has 0 aromatic carbocycles. The van der Waals surface area contributed by atoms with E-state index in [4.69, 9.17) is 0 Å². The Hall–Kier alpha value is -0.370. The van der Waals surface area contributed by atoms with Gasteiger partial charge in [-0.3, -0.25) is 0 Å². The van der Waals surface area contributed by atoms with Crippen LogP contribution in [0.2, 0.25) is 0 Å². The molecule has 1 aliphatic rings. The van der Waals surface area contributed by atoms with E-state index in [1.807, 2.05) is 7.05 Å². The van der Waals surface area contributed by atoms with Crippen LogP contribution < -0.4 is 0 Å². The van der Waals surface area contributed by atoms with Crippen LogP contribution in [0.25, 0.3) is 0 Å². The number of nitrogens with zero attached hydrogens (tertiary/aromatic N) is 1. The summed E-state index contributed by atoms with van der Waals surface area (Å²) in [5.41, 5.74) is 0. The van der Waals surface area contributed by atoms with Crippen LogP contribution in [0.1, 0.15) is 0 Å². The Labute approximate surface area is 54.1 Å². The summed E-state index contributed by atoms with van der Waals surface area (Å²) in [6.45, 7) is 4.84. The third kappa shape index (κ3) is 1.07. The van der Waals surface area contributed by atoms with Gasteiger partial charge in [0.1, 0.15) is 0 Å². The SMILES string of the molecule is C=C1SC=CCN1C. The van der Waals surface area contributed by atoms with Crippen LogP contribution in [0.4, 0.5) is 0 Å². The van der Waals surface area contributed by atoms with Gasteiger partial charge < -0.3 is 4.90 Å². The minimum absolute atomic E-state index is 1.01. The van der Waals surface area contributed by atoms with E-state index in [9.17, 15) is 0 Å². The molecule has 0 unspecified atom stereocenters. The summed E-state index contributed by atoms with van der Waals surface area (Å²) in [5.74, 6) is 0. The molecular formula is C6H9NS. The quantitative estimate of drug-likeness (QED) is 0.487. The van der Waals surface area contributed by atoms with Gasteiger partial charge in [0, 0.05) is 13.6 Å². The third-order valence-electron chi connectivity index (χ3n) is 1.11. The van der Waals surface area contributed by atoms with Crippen LogP contribution in [-0.2, 0) is 0 Å². The summed E-state index contributed by atoms with van der Waals surface area (Å²) in [7, 11) is 2.04. The second-order valence-corrected chi connectivity index (χ2v) is 2.74. The fourth-order valence-corrected chi connectivity index (χ4v) is 1.11. The summed E-state index contributed by atoms with van der Waals surface area (Å²) in [6, 6.07) is 0. The minimum Gasteiger partial charge on any atom is -0.366 e. The van der Waals surface area contributed by atoms with Gasteiger partial charge in [-0.1, -0.05) is 24.4 Å². The van der Waals surface area contributed by atoms with Crippen molar-refractivity contribution < 1.29 is 0 Å². The van der Waals surface area contributed by atoms with Crippen molar-refractivity contribution in [2.75, 3.05) is 13.6 Å². The highest BCUT2D eigenvalue weighted by molar-refractivity contribution is 8.05. The van der Waals surface area contributed by atoms with Gasteiger partial charge in [-0.25, -0.2) is 0 Å². The first-order valence-corrected chi connectivity index (χ1v) is 3.40. The second kappa shape index (κ2) is 2.27. The van der Waals surface area contributed by atoms with E-state index < -0.39 is 0 Å². The van der Waals surface area contributed by atoms with Crippen molar-refractivity contribution in [2.24, 2.45) is 0 Å². The lowest BCUT2D eigenvalue weighted by molar-refractivity contribution is 0.497. The standard InChI is InChI=1S/C6H9NS/c1-6-7(2)4-3-5-8-6/h3,5H,1,4H2,2H3. The molecular weight excluding hydrogens is 118 g/mol. The van der Waals surface area contributed by atoms with Crippen LogP contribution in [0.5, 0.6) is 0 Å². The van der Waals surface area contributed by atoms with E-state index in [0.29, 0.717) is 0 Å². The van der Waals surface area contributed by atoms with Gasteiger partial charge in [-0.15, -0.1) is 0 Å². The van der Waals surface area contributed by atoms with Crippen molar-refractivity contribution in [2.45, 2.75) is 0 Å². The fraction of sp³-hybridized carbons (Fsp3) is 0.333. The van der Waals surface area contributed by atoms with Crippen molar-refractivity contribution in [1.82, 2.24) is 4.90 Å². The van der Waals surface area contributed by atoms with Gasteiger partial charge in [-0.2, -0.15) is 0 Å². The summed E-state index contributed by atoms with van der Waals surface area (Å²) >= 11 is 1.68. The Bertz CT molecular complexity index is 128. The molecule has 1 nitrogen and oxygen atoms in total. The molecule has 8 heavy (non-hydrogen) atoms. The van der Waals surface area contributed by atoms with Crippen molar-refractivity contribution in [1.29, 1.82) is 0 Å². The molecule has 2 heteroatoms. The van der Waals surface area contributed by atoms with Crippen LogP contribution in [0, 0.1) is 0 Å². The lowest BCUT2D eigenvalue weighted by Gasteiger charge is -2.20. The molecule has 0 aromatic rings. The zero-order chi connectivity index (χ0) is 5.98. The second-order valence-electron chi connectivity index (χ2n) is 1.76. The van der Waals surface area contributed by atoms with E-state index in [2.05, 4.69) is 23.0 Å². The lowest BCUT2D eigenvalue weighted by atomic mass is 10.5. The maximum atomic E-state index is 3.83. The zero-order valence-electron chi connectivity index (χ0n) is 4.92. The predicted molar refractivity (Wildman–Crippen MR) is 38.5 cm³/mol. The highest BCUT2D eigenvalue weighted by Crippen LogP contribution is 2.21. The van der Waals surface area contributed by atoms with Crippen LogP contribution in [0.3, 0.4) is 0 Å². The van der Waals surface area contributed by atoms with E-state index in [1.54, 1.807) is 11.8 Å². The summed E-state index contributed by atoms with van der Waals surface area (Å²) in [4.78, 5) is 2.12. The smallest absolute Gasteiger partial charge is 0.0676 e. The third-order valence-corrected chi connectivity index (χ3v) is 2.02. The highest BCUT2D eigenvalue weighted by Gasteiger charge is 2.01. The normalized spacial score (nSPS) is 19.6. The van der Waals surface area contributed by atoms with Gasteiger partial charge >= 0.3 is 0 Å². The molecule has 1 rings (SSSR count). The Morgan fingerprint density at radius 3 is 3.00 bits per heavy atom. The largest absolute Gasteiger partial charge is 0.366 e. The molecule has 0 radical (unpaired) electrons. The molecule has 0 amide bonds. The van der Waals surface area contributed by atoms with Gasteiger partial charge in [0.05, 0.1) is 5.03 Å². The Morgan fingerprint density at radius 1 is 1.88 bits per heavy atom. The number of rotatable bonds is 0. The fourth-order valence-electron chi connectivity index (χ4n) is 0.520. The van der Waals surface area contributed by atoms with E-state index in [0.717, 1.165) is 11.6 Å². The monoisotopic (exact) mass is 127 g/mol. The van der Waals surface area contributed by atoms with E-state index in [1.165, 1.54) is 0 Å². The first-order chi connectivity index (χ1) is 3.80. The molecule has 0 saturated carbocycles. The van der Waals surface area contributed by atoms with Crippen molar-refractivity contribution in [3.63, 3.8) is 0 Å². The topological polar surface area (TPSA) is 3.24 Å². The molecule has 1 heterocycles. The van der Waals surface area contributed by atoms with Crippen LogP contribution in [-0.4, -0.2) is 18.5 Å². The van der Waals surface area contributed by atoms with E-state index >= 15 is 0 Å². The first-order valence-electron chi connectivity index (χ1n) is 2.52. The number of hydrogen-bond donors (Lipinski definition) is 0. The predicted octanol–water partition coefficient (Wildman–Crippen LogP) is 1.65. The van der Waals surface area contributed by atoms with E-state index in [-0.39, 0.29) is 0 Å². The molecule has 0 N–H and O–H groups in total. The van der Waals surface area contributed by atoms with Gasteiger partial charge in [0.15, 0.2) is 0 Å². The maximum absolute atomic E-state index is 3.83. The Balaban J connectivity index is 2.57. The molecule has 0 bridgehead atoms. The van der Waals surface area contributed by atoms with Crippen LogP contribution in [0.15, 0.2) is 23.1 Å². The molecule has 0 atom stereocenters. The molecule has 1 aliphatic heterocycles. The molecule has 0 fully saturated rings. The average molecular weight is 127 g/mol. The van der Waals surface area contributed by atoms with Gasteiger partial charge in [0.25, 0.3) is 0 Å². The van der Waals surface area contributed by atoms with Crippen molar-refractivity contribution in [3.05, 3.63) is 23.1 Å².